The summed E-state index contributed by atoms with van der Waals surface area (Å²) in [5, 5.41) is 5.13. The van der Waals surface area contributed by atoms with Gasteiger partial charge in [-0.05, 0) is 38.5 Å². The summed E-state index contributed by atoms with van der Waals surface area (Å²) in [6, 6.07) is 4.74. The van der Waals surface area contributed by atoms with Crippen molar-refractivity contribution in [2.45, 2.75) is 32.7 Å². The van der Waals surface area contributed by atoms with Gasteiger partial charge in [0, 0.05) is 6.54 Å². The van der Waals surface area contributed by atoms with Gasteiger partial charge in [0.25, 0.3) is 11.8 Å². The maximum Gasteiger partial charge on any atom is 0.325 e. The predicted molar refractivity (Wildman–Crippen MR) is 96.3 cm³/mol. The van der Waals surface area contributed by atoms with Crippen LogP contribution in [0.15, 0.2) is 18.2 Å². The number of hydrogen-bond donors (Lipinski definition) is 2. The third-order valence-electron chi connectivity index (χ3n) is 3.98. The first-order valence-electron chi connectivity index (χ1n) is 8.38. The number of aryl methyl sites for hydroxylation is 1. The molecule has 0 aliphatic carbocycles. The Hall–Kier alpha value is -3.10. The van der Waals surface area contributed by atoms with Gasteiger partial charge in [0.05, 0.1) is 19.2 Å². The fraction of sp³-hybridized carbons (Fsp3) is 0.444. The van der Waals surface area contributed by atoms with E-state index in [0.717, 1.165) is 10.5 Å². The van der Waals surface area contributed by atoms with Crippen molar-refractivity contribution in [1.82, 2.24) is 10.2 Å². The van der Waals surface area contributed by atoms with Gasteiger partial charge in [-0.15, -0.1) is 0 Å². The minimum absolute atomic E-state index is 0.111. The van der Waals surface area contributed by atoms with Crippen LogP contribution >= 0.6 is 0 Å². The summed E-state index contributed by atoms with van der Waals surface area (Å²) in [5.74, 6) is -1.14. The summed E-state index contributed by atoms with van der Waals surface area (Å²) in [7, 11) is 1.48. The summed E-state index contributed by atoms with van der Waals surface area (Å²) >= 11 is 0. The van der Waals surface area contributed by atoms with Crippen LogP contribution in [0.5, 0.6) is 5.75 Å². The Morgan fingerprint density at radius 3 is 2.56 bits per heavy atom. The summed E-state index contributed by atoms with van der Waals surface area (Å²) in [5.41, 5.74) is 0.410. The standard InChI is InChI=1S/C18H23N3O6/c1-11-5-6-13(26-4)12(9-11)19-14(22)10-27-15(23)7-8-21-16(24)18(2,3)20-17(21)25/h5-6,9H,7-8,10H2,1-4H3,(H,19,22)(H,20,25). The molecule has 146 valence electrons. The Kier molecular flexibility index (Phi) is 6.04. The molecule has 0 saturated carbocycles. The highest BCUT2D eigenvalue weighted by Crippen LogP contribution is 2.25. The maximum atomic E-state index is 12.0. The van der Waals surface area contributed by atoms with E-state index in [-0.39, 0.29) is 13.0 Å². The van der Waals surface area contributed by atoms with Gasteiger partial charge in [0.15, 0.2) is 6.61 Å². The van der Waals surface area contributed by atoms with Gasteiger partial charge in [0.2, 0.25) is 0 Å². The number of carbonyl (C=O) groups is 4. The fourth-order valence-electron chi connectivity index (χ4n) is 2.55. The molecule has 9 heteroatoms. The van der Waals surface area contributed by atoms with Crippen LogP contribution in [0, 0.1) is 6.92 Å². The summed E-state index contributed by atoms with van der Waals surface area (Å²) in [6.45, 7) is 4.43. The van der Waals surface area contributed by atoms with Gasteiger partial charge in [-0.3, -0.25) is 19.3 Å². The van der Waals surface area contributed by atoms with Crippen LogP contribution in [-0.2, 0) is 19.1 Å². The summed E-state index contributed by atoms with van der Waals surface area (Å²) < 4.78 is 10.1. The van der Waals surface area contributed by atoms with Crippen LogP contribution in [0.25, 0.3) is 0 Å². The SMILES string of the molecule is COc1ccc(C)cc1NC(=O)COC(=O)CCN1C(=O)NC(C)(C)C1=O. The van der Waals surface area contributed by atoms with Gasteiger partial charge in [-0.2, -0.15) is 0 Å². The lowest BCUT2D eigenvalue weighted by Crippen LogP contribution is -2.40. The molecule has 1 aromatic rings. The topological polar surface area (TPSA) is 114 Å². The zero-order chi connectivity index (χ0) is 20.2. The number of amides is 4. The summed E-state index contributed by atoms with van der Waals surface area (Å²) in [4.78, 5) is 48.5. The number of carbonyl (C=O) groups excluding carboxylic acids is 4. The van der Waals surface area contributed by atoms with Crippen LogP contribution in [0.4, 0.5) is 10.5 Å². The van der Waals surface area contributed by atoms with Crippen LogP contribution in [-0.4, -0.2) is 54.5 Å². The predicted octanol–water partition coefficient (Wildman–Crippen LogP) is 1.21. The Morgan fingerprint density at radius 1 is 1.26 bits per heavy atom. The third-order valence-corrected chi connectivity index (χ3v) is 3.98. The molecule has 0 spiro atoms. The first-order valence-corrected chi connectivity index (χ1v) is 8.38. The molecule has 0 unspecified atom stereocenters. The number of urea groups is 1. The van der Waals surface area contributed by atoms with Crippen molar-refractivity contribution in [3.8, 4) is 5.75 Å². The van der Waals surface area contributed by atoms with Gasteiger partial charge >= 0.3 is 12.0 Å². The lowest BCUT2D eigenvalue weighted by molar-refractivity contribution is -0.147. The molecular formula is C18H23N3O6. The Labute approximate surface area is 157 Å². The molecule has 2 rings (SSSR count). The van der Waals surface area contributed by atoms with Crippen molar-refractivity contribution >= 4 is 29.5 Å². The number of methoxy groups -OCH3 is 1. The van der Waals surface area contributed by atoms with Gasteiger partial charge in [-0.25, -0.2) is 4.79 Å². The molecule has 27 heavy (non-hydrogen) atoms. The van der Waals surface area contributed by atoms with Gasteiger partial charge in [0.1, 0.15) is 11.3 Å². The van der Waals surface area contributed by atoms with Crippen LogP contribution < -0.4 is 15.4 Å². The van der Waals surface area contributed by atoms with E-state index in [1.54, 1.807) is 26.0 Å². The van der Waals surface area contributed by atoms with E-state index in [0.29, 0.717) is 11.4 Å². The number of anilines is 1. The molecule has 1 saturated heterocycles. The summed E-state index contributed by atoms with van der Waals surface area (Å²) in [6.07, 6.45) is -0.198. The van der Waals surface area contributed by atoms with Crippen molar-refractivity contribution in [1.29, 1.82) is 0 Å². The molecule has 0 bridgehead atoms. The fourth-order valence-corrected chi connectivity index (χ4v) is 2.55. The Balaban J connectivity index is 1.80. The molecule has 1 fully saturated rings. The third kappa shape index (κ3) is 4.96. The highest BCUT2D eigenvalue weighted by molar-refractivity contribution is 6.06. The van der Waals surface area contributed by atoms with Crippen molar-refractivity contribution < 1.29 is 28.7 Å². The number of nitrogens with one attached hydrogen (secondary N) is 2. The molecule has 2 N–H and O–H groups in total. The molecule has 1 aromatic carbocycles. The molecular weight excluding hydrogens is 354 g/mol. The van der Waals surface area contributed by atoms with Crippen molar-refractivity contribution in [3.63, 3.8) is 0 Å². The number of imide groups is 1. The van der Waals surface area contributed by atoms with E-state index in [2.05, 4.69) is 10.6 Å². The van der Waals surface area contributed by atoms with Crippen molar-refractivity contribution in [3.05, 3.63) is 23.8 Å². The number of rotatable bonds is 7. The quantitative estimate of drug-likeness (QED) is 0.545. The first kappa shape index (κ1) is 20.2. The number of benzene rings is 1. The number of esters is 1. The minimum atomic E-state index is -0.992. The smallest absolute Gasteiger partial charge is 0.325 e. The molecule has 1 aliphatic heterocycles. The second-order valence-electron chi connectivity index (χ2n) is 6.67. The zero-order valence-corrected chi connectivity index (χ0v) is 15.8. The maximum absolute atomic E-state index is 12.0. The lowest BCUT2D eigenvalue weighted by Gasteiger charge is -2.15. The Bertz CT molecular complexity index is 774. The lowest BCUT2D eigenvalue weighted by atomic mass is 10.1. The van der Waals surface area contributed by atoms with Crippen molar-refractivity contribution in [2.24, 2.45) is 0 Å². The van der Waals surface area contributed by atoms with E-state index in [1.165, 1.54) is 7.11 Å². The van der Waals surface area contributed by atoms with E-state index in [1.807, 2.05) is 13.0 Å². The van der Waals surface area contributed by atoms with Gasteiger partial charge < -0.3 is 20.1 Å². The zero-order valence-electron chi connectivity index (χ0n) is 15.8. The van der Waals surface area contributed by atoms with Gasteiger partial charge in [-0.1, -0.05) is 6.07 Å². The molecule has 1 heterocycles. The van der Waals surface area contributed by atoms with E-state index >= 15 is 0 Å². The van der Waals surface area contributed by atoms with Crippen LogP contribution in [0.1, 0.15) is 25.8 Å². The highest BCUT2D eigenvalue weighted by Gasteiger charge is 2.44. The molecule has 1 aliphatic rings. The molecule has 4 amide bonds. The first-order chi connectivity index (χ1) is 12.6. The number of ether oxygens (including phenoxy) is 2. The molecule has 0 radical (unpaired) electrons. The van der Waals surface area contributed by atoms with Crippen LogP contribution in [0.2, 0.25) is 0 Å². The Morgan fingerprint density at radius 2 is 1.96 bits per heavy atom. The second kappa shape index (κ2) is 8.07. The van der Waals surface area contributed by atoms with Crippen molar-refractivity contribution in [2.75, 3.05) is 25.6 Å². The average molecular weight is 377 g/mol. The molecule has 9 nitrogen and oxygen atoms in total. The van der Waals surface area contributed by atoms with E-state index in [9.17, 15) is 19.2 Å². The normalized spacial score (nSPS) is 15.3. The van der Waals surface area contributed by atoms with Crippen LogP contribution in [0.3, 0.4) is 0 Å². The molecule has 0 aromatic heterocycles. The number of nitrogens with zero attached hydrogens (tertiary/aromatic N) is 1. The van der Waals surface area contributed by atoms with E-state index < -0.39 is 36.0 Å². The monoisotopic (exact) mass is 377 g/mol. The number of hydrogen-bond acceptors (Lipinski definition) is 6. The largest absolute Gasteiger partial charge is 0.495 e. The van der Waals surface area contributed by atoms with E-state index in [4.69, 9.17) is 9.47 Å². The highest BCUT2D eigenvalue weighted by atomic mass is 16.5. The molecule has 0 atom stereocenters. The average Bonchev–Trinajstić information content (AvgIpc) is 2.79. The minimum Gasteiger partial charge on any atom is -0.495 e. The second-order valence-corrected chi connectivity index (χ2v) is 6.67.